The molecule has 2 fully saturated rings. The smallest absolute Gasteiger partial charge is 0.243 e. The van der Waals surface area contributed by atoms with Crippen molar-refractivity contribution in [3.8, 4) is 11.5 Å². The van der Waals surface area contributed by atoms with Gasteiger partial charge in [0.1, 0.15) is 0 Å². The molecule has 25 heavy (non-hydrogen) atoms. The van der Waals surface area contributed by atoms with E-state index in [4.69, 9.17) is 9.47 Å². The number of hydrogen-bond acceptors (Lipinski definition) is 5. The third kappa shape index (κ3) is 3.93. The van der Waals surface area contributed by atoms with Gasteiger partial charge in [-0.2, -0.15) is 4.31 Å². The molecule has 6 nitrogen and oxygen atoms in total. The van der Waals surface area contributed by atoms with Crippen LogP contribution in [0.25, 0.3) is 0 Å². The summed E-state index contributed by atoms with van der Waals surface area (Å²) in [5.74, 6) is 2.00. The van der Waals surface area contributed by atoms with E-state index in [9.17, 15) is 8.42 Å². The Morgan fingerprint density at radius 1 is 1.04 bits per heavy atom. The third-order valence-electron chi connectivity index (χ3n) is 5.20. The normalized spacial score (nSPS) is 22.6. The lowest BCUT2D eigenvalue weighted by Crippen LogP contribution is -2.45. The minimum absolute atomic E-state index is 0.293. The van der Waals surface area contributed by atoms with Crippen LogP contribution in [0.15, 0.2) is 23.1 Å². The van der Waals surface area contributed by atoms with Gasteiger partial charge in [0.25, 0.3) is 0 Å². The number of hydrogen-bond donors (Lipinski definition) is 1. The van der Waals surface area contributed by atoms with Crippen molar-refractivity contribution in [3.05, 3.63) is 18.2 Å². The molecule has 2 heterocycles. The van der Waals surface area contributed by atoms with Gasteiger partial charge in [0.15, 0.2) is 11.5 Å². The maximum absolute atomic E-state index is 13.0. The van der Waals surface area contributed by atoms with Crippen LogP contribution in [-0.2, 0) is 10.0 Å². The number of sulfonamides is 1. The highest BCUT2D eigenvalue weighted by molar-refractivity contribution is 7.89. The van der Waals surface area contributed by atoms with Crippen molar-refractivity contribution in [3.63, 3.8) is 0 Å². The van der Waals surface area contributed by atoms with Crippen molar-refractivity contribution in [2.24, 2.45) is 5.92 Å². The molecule has 1 saturated heterocycles. The Hall–Kier alpha value is -1.31. The largest absolute Gasteiger partial charge is 0.490 e. The second-order valence-electron chi connectivity index (χ2n) is 7.19. The van der Waals surface area contributed by atoms with Crippen molar-refractivity contribution in [2.75, 3.05) is 32.8 Å². The van der Waals surface area contributed by atoms with Crippen LogP contribution < -0.4 is 14.8 Å². The average molecular weight is 366 g/mol. The second-order valence-corrected chi connectivity index (χ2v) is 9.13. The Balaban J connectivity index is 1.42. The molecule has 1 aromatic carbocycles. The molecule has 0 bridgehead atoms. The maximum Gasteiger partial charge on any atom is 0.243 e. The van der Waals surface area contributed by atoms with E-state index < -0.39 is 10.0 Å². The zero-order valence-corrected chi connectivity index (χ0v) is 15.3. The summed E-state index contributed by atoms with van der Waals surface area (Å²) < 4.78 is 38.7. The molecule has 0 amide bonds. The molecular weight excluding hydrogens is 340 g/mol. The zero-order chi connectivity index (χ0) is 17.3. The van der Waals surface area contributed by atoms with Crippen LogP contribution in [0.5, 0.6) is 11.5 Å². The van der Waals surface area contributed by atoms with Crippen molar-refractivity contribution < 1.29 is 17.9 Å². The van der Waals surface area contributed by atoms with Crippen LogP contribution in [0.4, 0.5) is 0 Å². The first-order valence-electron chi connectivity index (χ1n) is 9.26. The summed E-state index contributed by atoms with van der Waals surface area (Å²) in [6.07, 6.45) is 5.22. The van der Waals surface area contributed by atoms with Crippen LogP contribution in [0.2, 0.25) is 0 Å². The molecular formula is C18H26N2O4S. The van der Waals surface area contributed by atoms with E-state index in [0.29, 0.717) is 48.7 Å². The predicted molar refractivity (Wildman–Crippen MR) is 94.6 cm³/mol. The molecule has 1 aliphatic carbocycles. The summed E-state index contributed by atoms with van der Waals surface area (Å²) in [6.45, 7) is 3.37. The van der Waals surface area contributed by atoms with Crippen LogP contribution >= 0.6 is 0 Å². The Kier molecular flexibility index (Phi) is 4.88. The van der Waals surface area contributed by atoms with Crippen molar-refractivity contribution >= 4 is 10.0 Å². The van der Waals surface area contributed by atoms with Gasteiger partial charge >= 0.3 is 0 Å². The van der Waals surface area contributed by atoms with E-state index >= 15 is 0 Å². The Morgan fingerprint density at radius 2 is 1.76 bits per heavy atom. The van der Waals surface area contributed by atoms with Crippen molar-refractivity contribution in [1.82, 2.24) is 9.62 Å². The number of nitrogens with one attached hydrogen (secondary N) is 1. The average Bonchev–Trinajstić information content (AvgIpc) is 3.46. The number of ether oxygens (including phenoxy) is 2. The first kappa shape index (κ1) is 17.1. The van der Waals surface area contributed by atoms with Crippen LogP contribution in [-0.4, -0.2) is 51.6 Å². The Labute approximate surface area is 149 Å². The quantitative estimate of drug-likeness (QED) is 0.863. The van der Waals surface area contributed by atoms with E-state index in [1.54, 1.807) is 22.5 Å². The molecule has 0 unspecified atom stereocenters. The van der Waals surface area contributed by atoms with Gasteiger partial charge in [0, 0.05) is 31.6 Å². The Morgan fingerprint density at radius 3 is 2.48 bits per heavy atom. The lowest BCUT2D eigenvalue weighted by molar-refractivity contribution is 0.287. The highest BCUT2D eigenvalue weighted by Crippen LogP contribution is 2.33. The summed E-state index contributed by atoms with van der Waals surface area (Å²) in [5, 5.41) is 3.59. The zero-order valence-electron chi connectivity index (χ0n) is 14.4. The van der Waals surface area contributed by atoms with Gasteiger partial charge in [-0.1, -0.05) is 0 Å². The van der Waals surface area contributed by atoms with Gasteiger partial charge in [0.2, 0.25) is 10.0 Å². The minimum Gasteiger partial charge on any atom is -0.490 e. The van der Waals surface area contributed by atoms with Gasteiger partial charge in [-0.15, -0.1) is 0 Å². The summed E-state index contributed by atoms with van der Waals surface area (Å²) in [5.41, 5.74) is 0. The molecule has 0 atom stereocenters. The summed E-state index contributed by atoms with van der Waals surface area (Å²) in [6, 6.07) is 5.38. The SMILES string of the molecule is O=S(=O)(c1ccc2c(c1)OCCCO2)N1CCC(NCC2CC2)CC1. The summed E-state index contributed by atoms with van der Waals surface area (Å²) in [7, 11) is -3.48. The topological polar surface area (TPSA) is 67.9 Å². The molecule has 0 aromatic heterocycles. The van der Waals surface area contributed by atoms with E-state index in [1.807, 2.05) is 0 Å². The number of piperidine rings is 1. The van der Waals surface area contributed by atoms with Gasteiger partial charge in [-0.25, -0.2) is 8.42 Å². The molecule has 2 aliphatic heterocycles. The number of rotatable bonds is 5. The molecule has 0 spiro atoms. The lowest BCUT2D eigenvalue weighted by atomic mass is 10.1. The molecule has 0 radical (unpaired) electrons. The van der Waals surface area contributed by atoms with Gasteiger partial charge < -0.3 is 14.8 Å². The monoisotopic (exact) mass is 366 g/mol. The molecule has 138 valence electrons. The second kappa shape index (κ2) is 7.13. The van der Waals surface area contributed by atoms with Gasteiger partial charge in [-0.3, -0.25) is 0 Å². The first-order chi connectivity index (χ1) is 12.1. The fourth-order valence-electron chi connectivity index (χ4n) is 3.41. The summed E-state index contributed by atoms with van der Waals surface area (Å²) in [4.78, 5) is 0.293. The van der Waals surface area contributed by atoms with Crippen LogP contribution in [0, 0.1) is 5.92 Å². The predicted octanol–water partition coefficient (Wildman–Crippen LogP) is 2.00. The van der Waals surface area contributed by atoms with E-state index in [-0.39, 0.29) is 0 Å². The fraction of sp³-hybridized carbons (Fsp3) is 0.667. The molecule has 4 rings (SSSR count). The van der Waals surface area contributed by atoms with Crippen LogP contribution in [0.3, 0.4) is 0 Å². The van der Waals surface area contributed by atoms with Gasteiger partial charge in [-0.05, 0) is 50.3 Å². The summed E-state index contributed by atoms with van der Waals surface area (Å²) >= 11 is 0. The highest BCUT2D eigenvalue weighted by Gasteiger charge is 2.31. The minimum atomic E-state index is -3.48. The number of fused-ring (bicyclic) bond motifs is 1. The van der Waals surface area contributed by atoms with E-state index in [2.05, 4.69) is 5.32 Å². The molecule has 1 aromatic rings. The Bertz CT molecular complexity index is 710. The van der Waals surface area contributed by atoms with Gasteiger partial charge in [0.05, 0.1) is 18.1 Å². The number of nitrogens with zero attached hydrogens (tertiary/aromatic N) is 1. The molecule has 7 heteroatoms. The maximum atomic E-state index is 13.0. The first-order valence-corrected chi connectivity index (χ1v) is 10.7. The molecule has 1 saturated carbocycles. The van der Waals surface area contributed by atoms with Crippen molar-refractivity contribution in [2.45, 2.75) is 43.0 Å². The van der Waals surface area contributed by atoms with E-state index in [0.717, 1.165) is 31.7 Å². The van der Waals surface area contributed by atoms with Crippen LogP contribution in [0.1, 0.15) is 32.1 Å². The lowest BCUT2D eigenvalue weighted by Gasteiger charge is -2.31. The highest BCUT2D eigenvalue weighted by atomic mass is 32.2. The molecule has 1 N–H and O–H groups in total. The fourth-order valence-corrected chi connectivity index (χ4v) is 4.89. The number of benzene rings is 1. The van der Waals surface area contributed by atoms with Crippen molar-refractivity contribution in [1.29, 1.82) is 0 Å². The third-order valence-corrected chi connectivity index (χ3v) is 7.10. The molecule has 3 aliphatic rings. The van der Waals surface area contributed by atoms with E-state index in [1.165, 1.54) is 12.8 Å². The standard InChI is InChI=1S/C18H26N2O4S/c21-25(22,16-4-5-17-18(12-16)24-11-1-10-23-17)20-8-6-15(7-9-20)19-13-14-2-3-14/h4-5,12,14-15,19H,1-3,6-11,13H2.